The Labute approximate surface area is 122 Å². The fourth-order valence-electron chi connectivity index (χ4n) is 2.44. The van der Waals surface area contributed by atoms with Crippen LogP contribution < -0.4 is 5.32 Å². The maximum atomic E-state index is 14.4. The number of halogens is 3. The molecule has 0 aliphatic rings. The van der Waals surface area contributed by atoms with E-state index >= 15 is 0 Å². The van der Waals surface area contributed by atoms with Crippen LogP contribution in [0.15, 0.2) is 30.3 Å². The van der Waals surface area contributed by atoms with Crippen LogP contribution in [0.1, 0.15) is 35.2 Å². The van der Waals surface area contributed by atoms with Crippen molar-refractivity contribution in [1.82, 2.24) is 5.32 Å². The molecule has 2 aromatic rings. The highest BCUT2D eigenvalue weighted by atomic mass is 19.1. The Morgan fingerprint density at radius 3 is 2.33 bits per heavy atom. The number of benzene rings is 2. The molecule has 2 rings (SSSR count). The topological polar surface area (TPSA) is 12.0 Å². The molecule has 0 bridgehead atoms. The SMILES string of the molecule is CCNC(c1cc(F)ccc1C)c1c(F)ccc(C)c1F. The van der Waals surface area contributed by atoms with Crippen molar-refractivity contribution in [2.75, 3.05) is 6.54 Å². The molecule has 0 heterocycles. The zero-order valence-corrected chi connectivity index (χ0v) is 12.3. The van der Waals surface area contributed by atoms with E-state index in [1.54, 1.807) is 19.9 Å². The van der Waals surface area contributed by atoms with Gasteiger partial charge in [0.15, 0.2) is 0 Å². The number of nitrogens with one attached hydrogen (secondary N) is 1. The Bertz CT molecular complexity index is 653. The molecule has 4 heteroatoms. The van der Waals surface area contributed by atoms with E-state index in [0.717, 1.165) is 5.56 Å². The van der Waals surface area contributed by atoms with Crippen molar-refractivity contribution in [2.45, 2.75) is 26.8 Å². The fourth-order valence-corrected chi connectivity index (χ4v) is 2.44. The molecule has 0 aliphatic carbocycles. The number of aryl methyl sites for hydroxylation is 2. The Hall–Kier alpha value is -1.81. The van der Waals surface area contributed by atoms with Crippen LogP contribution in [0.3, 0.4) is 0 Å². The minimum absolute atomic E-state index is 0.0643. The average molecular weight is 293 g/mol. The van der Waals surface area contributed by atoms with Crippen LogP contribution in [-0.2, 0) is 0 Å². The van der Waals surface area contributed by atoms with Gasteiger partial charge in [-0.25, -0.2) is 13.2 Å². The first-order chi connectivity index (χ1) is 9.95. The van der Waals surface area contributed by atoms with E-state index in [-0.39, 0.29) is 5.56 Å². The molecule has 0 saturated heterocycles. The summed E-state index contributed by atoms with van der Waals surface area (Å²) in [5.74, 6) is -1.65. The lowest BCUT2D eigenvalue weighted by Gasteiger charge is -2.22. The summed E-state index contributed by atoms with van der Waals surface area (Å²) < 4.78 is 42.1. The third-order valence-electron chi connectivity index (χ3n) is 3.57. The summed E-state index contributed by atoms with van der Waals surface area (Å²) >= 11 is 0. The van der Waals surface area contributed by atoms with E-state index < -0.39 is 23.5 Å². The highest BCUT2D eigenvalue weighted by Gasteiger charge is 2.24. The van der Waals surface area contributed by atoms with Crippen LogP contribution in [0.5, 0.6) is 0 Å². The first-order valence-electron chi connectivity index (χ1n) is 6.89. The van der Waals surface area contributed by atoms with Crippen LogP contribution in [0.2, 0.25) is 0 Å². The number of hydrogen-bond acceptors (Lipinski definition) is 1. The lowest BCUT2D eigenvalue weighted by atomic mass is 9.93. The number of hydrogen-bond donors (Lipinski definition) is 1. The van der Waals surface area contributed by atoms with Crippen molar-refractivity contribution in [1.29, 1.82) is 0 Å². The molecule has 0 amide bonds. The zero-order chi connectivity index (χ0) is 15.6. The normalized spacial score (nSPS) is 12.5. The van der Waals surface area contributed by atoms with Gasteiger partial charge in [0.25, 0.3) is 0 Å². The fraction of sp³-hybridized carbons (Fsp3) is 0.294. The van der Waals surface area contributed by atoms with Crippen LogP contribution in [0.4, 0.5) is 13.2 Å². The molecule has 1 atom stereocenters. The molecule has 21 heavy (non-hydrogen) atoms. The van der Waals surface area contributed by atoms with Gasteiger partial charge in [-0.1, -0.05) is 19.1 Å². The van der Waals surface area contributed by atoms with Crippen molar-refractivity contribution in [3.63, 3.8) is 0 Å². The highest BCUT2D eigenvalue weighted by Crippen LogP contribution is 2.30. The summed E-state index contributed by atoms with van der Waals surface area (Å²) in [5.41, 5.74) is 1.62. The predicted octanol–water partition coefficient (Wildman–Crippen LogP) is 4.42. The molecule has 0 aromatic heterocycles. The van der Waals surface area contributed by atoms with Gasteiger partial charge in [-0.3, -0.25) is 0 Å². The summed E-state index contributed by atoms with van der Waals surface area (Å²) in [7, 11) is 0. The Balaban J connectivity index is 2.64. The van der Waals surface area contributed by atoms with Crippen molar-refractivity contribution < 1.29 is 13.2 Å². The maximum absolute atomic E-state index is 14.4. The minimum Gasteiger partial charge on any atom is -0.306 e. The molecular formula is C17H18F3N. The molecule has 1 N–H and O–H groups in total. The molecule has 0 spiro atoms. The lowest BCUT2D eigenvalue weighted by molar-refractivity contribution is 0.503. The molecule has 0 fully saturated rings. The molecule has 1 unspecified atom stereocenters. The van der Waals surface area contributed by atoms with Gasteiger partial charge < -0.3 is 5.32 Å². The molecule has 0 radical (unpaired) electrons. The van der Waals surface area contributed by atoms with Gasteiger partial charge >= 0.3 is 0 Å². The van der Waals surface area contributed by atoms with Crippen molar-refractivity contribution in [3.05, 3.63) is 70.0 Å². The molecular weight excluding hydrogens is 275 g/mol. The summed E-state index contributed by atoms with van der Waals surface area (Å²) in [6.07, 6.45) is 0. The molecule has 0 saturated carbocycles. The minimum atomic E-state index is -0.717. The largest absolute Gasteiger partial charge is 0.306 e. The van der Waals surface area contributed by atoms with Gasteiger partial charge in [-0.05, 0) is 55.3 Å². The van der Waals surface area contributed by atoms with Crippen LogP contribution in [-0.4, -0.2) is 6.54 Å². The van der Waals surface area contributed by atoms with Gasteiger partial charge in [0.05, 0.1) is 6.04 Å². The first-order valence-corrected chi connectivity index (χ1v) is 6.89. The smallest absolute Gasteiger partial charge is 0.134 e. The standard InChI is InChI=1S/C17H18F3N/c1-4-21-17(13-9-12(18)7-5-10(13)2)15-14(19)8-6-11(3)16(15)20/h5-9,17,21H,4H2,1-3H3. The van der Waals surface area contributed by atoms with E-state index in [1.807, 2.05) is 6.92 Å². The van der Waals surface area contributed by atoms with Crippen molar-refractivity contribution >= 4 is 0 Å². The predicted molar refractivity (Wildman–Crippen MR) is 77.8 cm³/mol. The van der Waals surface area contributed by atoms with Gasteiger partial charge in [-0.15, -0.1) is 0 Å². The van der Waals surface area contributed by atoms with E-state index in [1.165, 1.54) is 24.3 Å². The third-order valence-corrected chi connectivity index (χ3v) is 3.57. The Morgan fingerprint density at radius 2 is 1.67 bits per heavy atom. The molecule has 1 nitrogen and oxygen atoms in total. The van der Waals surface area contributed by atoms with Gasteiger partial charge in [0.2, 0.25) is 0 Å². The second-order valence-corrected chi connectivity index (χ2v) is 5.08. The van der Waals surface area contributed by atoms with E-state index in [4.69, 9.17) is 0 Å². The molecule has 0 aliphatic heterocycles. The second-order valence-electron chi connectivity index (χ2n) is 5.08. The molecule has 112 valence electrons. The van der Waals surface area contributed by atoms with Gasteiger partial charge in [-0.2, -0.15) is 0 Å². The Kier molecular flexibility index (Phi) is 4.68. The zero-order valence-electron chi connectivity index (χ0n) is 12.3. The van der Waals surface area contributed by atoms with Crippen LogP contribution >= 0.6 is 0 Å². The quantitative estimate of drug-likeness (QED) is 0.880. The highest BCUT2D eigenvalue weighted by molar-refractivity contribution is 5.40. The third kappa shape index (κ3) is 3.10. The maximum Gasteiger partial charge on any atom is 0.134 e. The molecule has 2 aromatic carbocycles. The summed E-state index contributed by atoms with van der Waals surface area (Å²) in [6.45, 7) is 5.73. The van der Waals surface area contributed by atoms with Gasteiger partial charge in [0.1, 0.15) is 17.5 Å². The number of rotatable bonds is 4. The Morgan fingerprint density at radius 1 is 1.00 bits per heavy atom. The van der Waals surface area contributed by atoms with Crippen LogP contribution in [0.25, 0.3) is 0 Å². The van der Waals surface area contributed by atoms with Crippen molar-refractivity contribution in [3.8, 4) is 0 Å². The summed E-state index contributed by atoms with van der Waals surface area (Å²) in [5, 5.41) is 3.05. The summed E-state index contributed by atoms with van der Waals surface area (Å²) in [6, 6.07) is 6.20. The second kappa shape index (κ2) is 6.31. The first kappa shape index (κ1) is 15.6. The monoisotopic (exact) mass is 293 g/mol. The van der Waals surface area contributed by atoms with E-state index in [2.05, 4.69) is 5.32 Å². The van der Waals surface area contributed by atoms with Crippen molar-refractivity contribution in [2.24, 2.45) is 0 Å². The van der Waals surface area contributed by atoms with Gasteiger partial charge in [0, 0.05) is 5.56 Å². The lowest BCUT2D eigenvalue weighted by Crippen LogP contribution is -2.25. The van der Waals surface area contributed by atoms with Crippen LogP contribution in [0, 0.1) is 31.3 Å². The van der Waals surface area contributed by atoms with E-state index in [9.17, 15) is 13.2 Å². The average Bonchev–Trinajstić information content (AvgIpc) is 2.45. The van der Waals surface area contributed by atoms with E-state index in [0.29, 0.717) is 17.7 Å². The summed E-state index contributed by atoms with van der Waals surface area (Å²) in [4.78, 5) is 0.